The second-order valence-corrected chi connectivity index (χ2v) is 8.88. The highest BCUT2D eigenvalue weighted by molar-refractivity contribution is 5.85. The number of aromatic nitrogens is 4. The van der Waals surface area contributed by atoms with E-state index >= 15 is 0 Å². The van der Waals surface area contributed by atoms with Gasteiger partial charge in [-0.3, -0.25) is 4.79 Å². The monoisotopic (exact) mass is 411 g/mol. The molecule has 6 rings (SSSR count). The van der Waals surface area contributed by atoms with Gasteiger partial charge in [-0.05, 0) is 53.8 Å². The van der Waals surface area contributed by atoms with Crippen LogP contribution in [0.25, 0.3) is 33.4 Å². The Morgan fingerprint density at radius 1 is 1.00 bits per heavy atom. The minimum absolute atomic E-state index is 0.306. The molecule has 1 amide bonds. The summed E-state index contributed by atoms with van der Waals surface area (Å²) in [6.07, 6.45) is 6.98. The van der Waals surface area contributed by atoms with Gasteiger partial charge in [0.15, 0.2) is 5.82 Å². The molecule has 0 spiro atoms. The second kappa shape index (κ2) is 7.38. The number of carbonyl (C=O) groups is 1. The van der Waals surface area contributed by atoms with Crippen molar-refractivity contribution in [1.82, 2.24) is 24.6 Å². The number of nitrogens with one attached hydrogen (secondary N) is 1. The van der Waals surface area contributed by atoms with Crippen molar-refractivity contribution in [2.24, 2.45) is 11.8 Å². The zero-order valence-corrected chi connectivity index (χ0v) is 17.4. The zero-order valence-electron chi connectivity index (χ0n) is 17.4. The van der Waals surface area contributed by atoms with Crippen LogP contribution in [0.2, 0.25) is 0 Å². The van der Waals surface area contributed by atoms with Crippen molar-refractivity contribution in [3.63, 3.8) is 0 Å². The number of amides is 1. The number of benzene rings is 2. The summed E-state index contributed by atoms with van der Waals surface area (Å²) < 4.78 is 2.13. The van der Waals surface area contributed by atoms with Crippen LogP contribution in [0.5, 0.6) is 0 Å². The number of fused-ring (bicyclic) bond motifs is 1. The van der Waals surface area contributed by atoms with Gasteiger partial charge >= 0.3 is 0 Å². The molecular weight excluding hydrogens is 386 g/mol. The van der Waals surface area contributed by atoms with Crippen molar-refractivity contribution >= 4 is 16.8 Å². The lowest BCUT2D eigenvalue weighted by Gasteiger charge is -2.17. The molecule has 1 atom stereocenters. The highest BCUT2D eigenvalue weighted by Crippen LogP contribution is 2.33. The van der Waals surface area contributed by atoms with Crippen molar-refractivity contribution in [1.29, 1.82) is 0 Å². The van der Waals surface area contributed by atoms with Crippen LogP contribution >= 0.6 is 0 Å². The molecule has 2 aromatic heterocycles. The molecule has 0 radical (unpaired) electrons. The highest BCUT2D eigenvalue weighted by atomic mass is 16.2. The SMILES string of the molecule is O=C(C1CC1)N1CC[C@@H](Cn2cnnc2-c2ccc(-c3ccc4cc[nH]c4c3)cc2)C1. The molecule has 2 aliphatic rings. The minimum atomic E-state index is 0.306. The van der Waals surface area contributed by atoms with E-state index in [9.17, 15) is 4.79 Å². The van der Waals surface area contributed by atoms with E-state index in [4.69, 9.17) is 0 Å². The smallest absolute Gasteiger partial charge is 0.225 e. The predicted octanol–water partition coefficient (Wildman–Crippen LogP) is 4.35. The Morgan fingerprint density at radius 2 is 1.81 bits per heavy atom. The average molecular weight is 412 g/mol. The second-order valence-electron chi connectivity index (χ2n) is 8.88. The lowest BCUT2D eigenvalue weighted by atomic mass is 10.0. The van der Waals surface area contributed by atoms with Crippen molar-refractivity contribution in [3.8, 4) is 22.5 Å². The van der Waals surface area contributed by atoms with Gasteiger partial charge in [-0.1, -0.05) is 36.4 Å². The van der Waals surface area contributed by atoms with E-state index in [1.165, 1.54) is 16.5 Å². The number of nitrogens with zero attached hydrogens (tertiary/aromatic N) is 4. The fraction of sp³-hybridized carbons (Fsp3) is 0.320. The van der Waals surface area contributed by atoms with E-state index in [1.807, 2.05) is 12.5 Å². The predicted molar refractivity (Wildman–Crippen MR) is 120 cm³/mol. The number of hydrogen-bond acceptors (Lipinski definition) is 3. The molecule has 4 aromatic rings. The summed E-state index contributed by atoms with van der Waals surface area (Å²) in [6.45, 7) is 2.59. The molecule has 1 N–H and O–H groups in total. The number of rotatable bonds is 5. The van der Waals surface area contributed by atoms with E-state index < -0.39 is 0 Å². The third kappa shape index (κ3) is 3.52. The lowest BCUT2D eigenvalue weighted by molar-refractivity contribution is -0.131. The molecule has 1 aliphatic heterocycles. The van der Waals surface area contributed by atoms with Crippen LogP contribution in [-0.4, -0.2) is 43.6 Å². The van der Waals surface area contributed by atoms with Gasteiger partial charge in [-0.15, -0.1) is 10.2 Å². The standard InChI is InChI=1S/C25H25N5O/c31-25(21-6-7-21)29-12-10-17(14-29)15-30-16-27-28-24(30)20-4-1-18(2-5-20)22-8-3-19-9-11-26-23(19)13-22/h1-5,8-9,11,13,16-17,21,26H,6-7,10,12,14-15H2/t17-/m1/s1. The van der Waals surface area contributed by atoms with Gasteiger partial charge in [-0.2, -0.15) is 0 Å². The van der Waals surface area contributed by atoms with E-state index in [1.54, 1.807) is 0 Å². The largest absolute Gasteiger partial charge is 0.361 e. The van der Waals surface area contributed by atoms with Crippen molar-refractivity contribution in [2.45, 2.75) is 25.8 Å². The molecule has 31 heavy (non-hydrogen) atoms. The summed E-state index contributed by atoms with van der Waals surface area (Å²) in [5.74, 6) is 2.02. The lowest BCUT2D eigenvalue weighted by Crippen LogP contribution is -2.30. The van der Waals surface area contributed by atoms with Gasteiger partial charge in [-0.25, -0.2) is 0 Å². The van der Waals surface area contributed by atoms with Crippen molar-refractivity contribution in [2.75, 3.05) is 13.1 Å². The zero-order chi connectivity index (χ0) is 20.8. The summed E-state index contributed by atoms with van der Waals surface area (Å²) in [5.41, 5.74) is 4.57. The molecule has 156 valence electrons. The molecule has 6 heteroatoms. The minimum Gasteiger partial charge on any atom is -0.361 e. The van der Waals surface area contributed by atoms with E-state index in [-0.39, 0.29) is 0 Å². The summed E-state index contributed by atoms with van der Waals surface area (Å²) in [7, 11) is 0. The molecule has 0 unspecified atom stereocenters. The van der Waals surface area contributed by atoms with Gasteiger partial charge in [0.2, 0.25) is 5.91 Å². The Labute approximate surface area is 180 Å². The van der Waals surface area contributed by atoms with Gasteiger partial charge in [0.05, 0.1) is 0 Å². The quantitative estimate of drug-likeness (QED) is 0.531. The number of carbonyl (C=O) groups excluding carboxylic acids is 1. The van der Waals surface area contributed by atoms with Crippen LogP contribution in [0.4, 0.5) is 0 Å². The summed E-state index contributed by atoms with van der Waals surface area (Å²) in [5, 5.41) is 9.77. The third-order valence-electron chi connectivity index (χ3n) is 6.63. The Kier molecular flexibility index (Phi) is 4.37. The van der Waals surface area contributed by atoms with Crippen LogP contribution in [-0.2, 0) is 11.3 Å². The molecular formula is C25H25N5O. The maximum Gasteiger partial charge on any atom is 0.225 e. The van der Waals surface area contributed by atoms with Crippen LogP contribution in [0.15, 0.2) is 61.1 Å². The topological polar surface area (TPSA) is 66.8 Å². The molecule has 1 aliphatic carbocycles. The number of H-pyrrole nitrogens is 1. The number of aromatic amines is 1. The number of likely N-dealkylation sites (tertiary alicyclic amines) is 1. The van der Waals surface area contributed by atoms with Crippen molar-refractivity contribution in [3.05, 3.63) is 61.1 Å². The van der Waals surface area contributed by atoms with Crippen molar-refractivity contribution < 1.29 is 4.79 Å². The Morgan fingerprint density at radius 3 is 2.65 bits per heavy atom. The van der Waals surface area contributed by atoms with Gasteiger partial charge < -0.3 is 14.5 Å². The van der Waals surface area contributed by atoms with E-state index in [0.29, 0.717) is 17.7 Å². The van der Waals surface area contributed by atoms with Crippen LogP contribution in [0.3, 0.4) is 0 Å². The fourth-order valence-electron chi connectivity index (χ4n) is 4.70. The average Bonchev–Trinajstić information content (AvgIpc) is 3.17. The van der Waals surface area contributed by atoms with Crippen LogP contribution in [0.1, 0.15) is 19.3 Å². The van der Waals surface area contributed by atoms with Crippen LogP contribution in [0, 0.1) is 11.8 Å². The molecule has 6 nitrogen and oxygen atoms in total. The maximum atomic E-state index is 12.3. The Balaban J connectivity index is 1.18. The Bertz CT molecular complexity index is 1230. The maximum absolute atomic E-state index is 12.3. The summed E-state index contributed by atoms with van der Waals surface area (Å²) in [4.78, 5) is 17.7. The van der Waals surface area contributed by atoms with Crippen LogP contribution < -0.4 is 0 Å². The van der Waals surface area contributed by atoms with E-state index in [2.05, 4.69) is 73.2 Å². The summed E-state index contributed by atoms with van der Waals surface area (Å²) in [6, 6.07) is 17.1. The highest BCUT2D eigenvalue weighted by Gasteiger charge is 2.36. The molecule has 2 aromatic carbocycles. The van der Waals surface area contributed by atoms with Gasteiger partial charge in [0.1, 0.15) is 6.33 Å². The first-order valence-corrected chi connectivity index (χ1v) is 11.1. The molecule has 3 heterocycles. The van der Waals surface area contributed by atoms with Gasteiger partial charge in [0.25, 0.3) is 0 Å². The first kappa shape index (κ1) is 18.4. The molecule has 1 saturated heterocycles. The number of hydrogen-bond donors (Lipinski definition) is 1. The first-order valence-electron chi connectivity index (χ1n) is 11.1. The normalized spacial score (nSPS) is 18.7. The van der Waals surface area contributed by atoms with E-state index in [0.717, 1.165) is 55.8 Å². The summed E-state index contributed by atoms with van der Waals surface area (Å²) >= 11 is 0. The Hall–Kier alpha value is -3.41. The third-order valence-corrected chi connectivity index (χ3v) is 6.63. The van der Waals surface area contributed by atoms with Gasteiger partial charge in [0, 0.05) is 42.8 Å². The first-order chi connectivity index (χ1) is 15.2. The molecule has 2 fully saturated rings. The molecule has 1 saturated carbocycles. The fourth-order valence-corrected chi connectivity index (χ4v) is 4.70. The molecule has 0 bridgehead atoms.